The lowest BCUT2D eigenvalue weighted by Crippen LogP contribution is -2.20. The van der Waals surface area contributed by atoms with Crippen LogP contribution in [0.15, 0.2) is 42.7 Å². The van der Waals surface area contributed by atoms with E-state index in [1.807, 2.05) is 23.1 Å². The molecule has 0 amide bonds. The number of benzene rings is 1. The molecule has 2 aromatic rings. The van der Waals surface area contributed by atoms with E-state index in [-0.39, 0.29) is 5.41 Å². The van der Waals surface area contributed by atoms with Crippen LogP contribution < -0.4 is 5.32 Å². The van der Waals surface area contributed by atoms with Crippen LogP contribution in [0.2, 0.25) is 0 Å². The average Bonchev–Trinajstić information content (AvgIpc) is 2.80. The molecule has 0 fully saturated rings. The number of hydrogen-bond donors (Lipinski definition) is 1. The van der Waals surface area contributed by atoms with E-state index < -0.39 is 0 Å². The SMILES string of the molecule is CC(C)(C)CNc1ccccc1Cn1cccn1. The van der Waals surface area contributed by atoms with E-state index in [0.717, 1.165) is 13.1 Å². The molecule has 0 bridgehead atoms. The summed E-state index contributed by atoms with van der Waals surface area (Å²) in [4.78, 5) is 0. The number of aromatic nitrogens is 2. The van der Waals surface area contributed by atoms with Crippen molar-refractivity contribution >= 4 is 5.69 Å². The molecular formula is C15H21N3. The van der Waals surface area contributed by atoms with E-state index in [1.54, 1.807) is 0 Å². The van der Waals surface area contributed by atoms with E-state index in [1.165, 1.54) is 11.3 Å². The van der Waals surface area contributed by atoms with Gasteiger partial charge in [-0.15, -0.1) is 0 Å². The van der Waals surface area contributed by atoms with Crippen LogP contribution in [-0.2, 0) is 6.54 Å². The van der Waals surface area contributed by atoms with Crippen molar-refractivity contribution in [3.8, 4) is 0 Å². The van der Waals surface area contributed by atoms with Gasteiger partial charge in [0.25, 0.3) is 0 Å². The van der Waals surface area contributed by atoms with Crippen LogP contribution in [0.3, 0.4) is 0 Å². The molecule has 3 nitrogen and oxygen atoms in total. The molecule has 2 rings (SSSR count). The number of anilines is 1. The summed E-state index contributed by atoms with van der Waals surface area (Å²) in [6.07, 6.45) is 3.80. The molecule has 1 aromatic heterocycles. The Bertz CT molecular complexity index is 481. The monoisotopic (exact) mass is 243 g/mol. The number of rotatable bonds is 4. The maximum Gasteiger partial charge on any atom is 0.0679 e. The quantitative estimate of drug-likeness (QED) is 0.892. The van der Waals surface area contributed by atoms with E-state index in [2.05, 4.69) is 55.5 Å². The van der Waals surface area contributed by atoms with E-state index in [4.69, 9.17) is 0 Å². The lowest BCUT2D eigenvalue weighted by Gasteiger charge is -2.21. The van der Waals surface area contributed by atoms with Gasteiger partial charge in [0.15, 0.2) is 0 Å². The Labute approximate surface area is 109 Å². The first-order valence-electron chi connectivity index (χ1n) is 6.34. The van der Waals surface area contributed by atoms with Gasteiger partial charge in [-0.25, -0.2) is 0 Å². The van der Waals surface area contributed by atoms with Crippen LogP contribution in [0.5, 0.6) is 0 Å². The van der Waals surface area contributed by atoms with Crippen LogP contribution >= 0.6 is 0 Å². The van der Waals surface area contributed by atoms with Crippen LogP contribution in [0.25, 0.3) is 0 Å². The largest absolute Gasteiger partial charge is 0.384 e. The summed E-state index contributed by atoms with van der Waals surface area (Å²) in [6, 6.07) is 10.4. The molecule has 1 heterocycles. The molecule has 0 aliphatic carbocycles. The first kappa shape index (κ1) is 12.7. The summed E-state index contributed by atoms with van der Waals surface area (Å²) >= 11 is 0. The van der Waals surface area contributed by atoms with E-state index >= 15 is 0 Å². The summed E-state index contributed by atoms with van der Waals surface area (Å²) in [6.45, 7) is 8.46. The zero-order valence-electron chi connectivity index (χ0n) is 11.4. The number of nitrogens with one attached hydrogen (secondary N) is 1. The fraction of sp³-hybridized carbons (Fsp3) is 0.400. The standard InChI is InChI=1S/C15H21N3/c1-15(2,3)12-16-14-8-5-4-7-13(14)11-18-10-6-9-17-18/h4-10,16H,11-12H2,1-3H3. The highest BCUT2D eigenvalue weighted by Gasteiger charge is 2.10. The minimum absolute atomic E-state index is 0.277. The number of nitrogens with zero attached hydrogens (tertiary/aromatic N) is 2. The van der Waals surface area contributed by atoms with Crippen molar-refractivity contribution in [1.29, 1.82) is 0 Å². The topological polar surface area (TPSA) is 29.9 Å². The van der Waals surface area contributed by atoms with Crippen LogP contribution in [0.4, 0.5) is 5.69 Å². The predicted molar refractivity (Wildman–Crippen MR) is 75.7 cm³/mol. The molecule has 96 valence electrons. The molecule has 18 heavy (non-hydrogen) atoms. The fourth-order valence-corrected chi connectivity index (χ4v) is 1.76. The summed E-state index contributed by atoms with van der Waals surface area (Å²) in [5.74, 6) is 0. The van der Waals surface area contributed by atoms with Gasteiger partial charge in [0.05, 0.1) is 6.54 Å². The number of hydrogen-bond acceptors (Lipinski definition) is 2. The molecule has 0 aliphatic heterocycles. The van der Waals surface area contributed by atoms with Gasteiger partial charge in [-0.05, 0) is 23.1 Å². The van der Waals surface area contributed by atoms with Crippen LogP contribution in [0.1, 0.15) is 26.3 Å². The van der Waals surface area contributed by atoms with Gasteiger partial charge in [0.2, 0.25) is 0 Å². The van der Waals surface area contributed by atoms with Gasteiger partial charge < -0.3 is 5.32 Å². The highest BCUT2D eigenvalue weighted by atomic mass is 15.3. The predicted octanol–water partition coefficient (Wildman–Crippen LogP) is 3.39. The highest BCUT2D eigenvalue weighted by Crippen LogP contribution is 2.19. The Morgan fingerprint density at radius 2 is 1.94 bits per heavy atom. The second-order valence-corrected chi connectivity index (χ2v) is 5.78. The van der Waals surface area contributed by atoms with Gasteiger partial charge in [-0.2, -0.15) is 5.10 Å². The first-order valence-corrected chi connectivity index (χ1v) is 6.34. The Kier molecular flexibility index (Phi) is 3.70. The third-order valence-corrected chi connectivity index (χ3v) is 2.72. The molecule has 0 radical (unpaired) electrons. The molecular weight excluding hydrogens is 222 g/mol. The Balaban J connectivity index is 2.10. The summed E-state index contributed by atoms with van der Waals surface area (Å²) in [5, 5.41) is 7.77. The van der Waals surface area contributed by atoms with Crippen molar-refractivity contribution in [3.05, 3.63) is 48.3 Å². The van der Waals surface area contributed by atoms with Gasteiger partial charge in [-0.3, -0.25) is 4.68 Å². The normalized spacial score (nSPS) is 11.5. The maximum absolute atomic E-state index is 4.25. The fourth-order valence-electron chi connectivity index (χ4n) is 1.76. The molecule has 0 spiro atoms. The smallest absolute Gasteiger partial charge is 0.0679 e. The molecule has 0 saturated carbocycles. The van der Waals surface area contributed by atoms with Gasteiger partial charge in [0.1, 0.15) is 0 Å². The van der Waals surface area contributed by atoms with Gasteiger partial charge in [-0.1, -0.05) is 39.0 Å². The van der Waals surface area contributed by atoms with Crippen molar-refractivity contribution in [3.63, 3.8) is 0 Å². The Hall–Kier alpha value is -1.77. The Morgan fingerprint density at radius 3 is 2.61 bits per heavy atom. The average molecular weight is 243 g/mol. The van der Waals surface area contributed by atoms with Crippen molar-refractivity contribution in [1.82, 2.24) is 9.78 Å². The van der Waals surface area contributed by atoms with Gasteiger partial charge in [0, 0.05) is 24.6 Å². The zero-order chi connectivity index (χ0) is 13.0. The summed E-state index contributed by atoms with van der Waals surface area (Å²) < 4.78 is 1.94. The van der Waals surface area contributed by atoms with Crippen molar-refractivity contribution in [2.75, 3.05) is 11.9 Å². The molecule has 0 saturated heterocycles. The molecule has 0 unspecified atom stereocenters. The maximum atomic E-state index is 4.25. The van der Waals surface area contributed by atoms with Crippen LogP contribution in [0, 0.1) is 5.41 Å². The third kappa shape index (κ3) is 3.62. The molecule has 0 atom stereocenters. The van der Waals surface area contributed by atoms with E-state index in [9.17, 15) is 0 Å². The summed E-state index contributed by atoms with van der Waals surface area (Å²) in [7, 11) is 0. The minimum atomic E-state index is 0.277. The second kappa shape index (κ2) is 5.25. The first-order chi connectivity index (χ1) is 8.54. The lowest BCUT2D eigenvalue weighted by molar-refractivity contribution is 0.443. The van der Waals surface area contributed by atoms with Crippen molar-refractivity contribution < 1.29 is 0 Å². The molecule has 0 aliphatic rings. The molecule has 1 aromatic carbocycles. The minimum Gasteiger partial charge on any atom is -0.384 e. The third-order valence-electron chi connectivity index (χ3n) is 2.72. The molecule has 3 heteroatoms. The zero-order valence-corrected chi connectivity index (χ0v) is 11.4. The van der Waals surface area contributed by atoms with Gasteiger partial charge >= 0.3 is 0 Å². The second-order valence-electron chi connectivity index (χ2n) is 5.78. The lowest BCUT2D eigenvalue weighted by atomic mass is 9.96. The highest BCUT2D eigenvalue weighted by molar-refractivity contribution is 5.51. The van der Waals surface area contributed by atoms with Crippen LogP contribution in [-0.4, -0.2) is 16.3 Å². The number of para-hydroxylation sites is 1. The van der Waals surface area contributed by atoms with E-state index in [0.29, 0.717) is 0 Å². The molecule has 1 N–H and O–H groups in total. The van der Waals surface area contributed by atoms with Crippen molar-refractivity contribution in [2.24, 2.45) is 5.41 Å². The Morgan fingerprint density at radius 1 is 1.17 bits per heavy atom. The van der Waals surface area contributed by atoms with Crippen molar-refractivity contribution in [2.45, 2.75) is 27.3 Å². The summed E-state index contributed by atoms with van der Waals surface area (Å²) in [5.41, 5.74) is 2.74.